The summed E-state index contributed by atoms with van der Waals surface area (Å²) in [7, 11) is -1.65. The molecule has 0 fully saturated rings. The fraction of sp³-hybridized carbons (Fsp3) is 0.304. The summed E-state index contributed by atoms with van der Waals surface area (Å²) in [5.41, 5.74) is 3.70. The lowest BCUT2D eigenvalue weighted by Crippen LogP contribution is -2.18. The van der Waals surface area contributed by atoms with Gasteiger partial charge in [-0.05, 0) is 56.2 Å². The van der Waals surface area contributed by atoms with E-state index in [0.29, 0.717) is 22.7 Å². The third-order valence-electron chi connectivity index (χ3n) is 5.26. The van der Waals surface area contributed by atoms with Crippen LogP contribution in [0.25, 0.3) is 0 Å². The van der Waals surface area contributed by atoms with Gasteiger partial charge in [-0.3, -0.25) is 4.79 Å². The molecule has 2 aromatic rings. The van der Waals surface area contributed by atoms with Crippen molar-refractivity contribution in [3.8, 4) is 0 Å². The fourth-order valence-electron chi connectivity index (χ4n) is 3.21. The summed E-state index contributed by atoms with van der Waals surface area (Å²) in [6, 6.07) is 8.61. The lowest BCUT2D eigenvalue weighted by molar-refractivity contribution is 0.317. The highest BCUT2D eigenvalue weighted by Crippen LogP contribution is 2.33. The summed E-state index contributed by atoms with van der Waals surface area (Å²) < 4.78 is 24.9. The van der Waals surface area contributed by atoms with Crippen LogP contribution in [0.4, 0.5) is 0 Å². The second-order valence-electron chi connectivity index (χ2n) is 7.63. The number of halogens is 1. The first-order valence-electron chi connectivity index (χ1n) is 9.63. The zero-order valence-corrected chi connectivity index (χ0v) is 19.8. The number of hydrogen-bond acceptors (Lipinski definition) is 5. The van der Waals surface area contributed by atoms with E-state index >= 15 is 0 Å². The molecule has 0 saturated heterocycles. The third kappa shape index (κ3) is 6.42. The molecule has 0 spiro atoms. The second-order valence-corrected chi connectivity index (χ2v) is 10.3. The number of allylic oxidation sites excluding steroid dienone is 4. The molecule has 0 aliphatic heterocycles. The SMILES string of the molecule is C/C(=C\C=C(/C)S(C)(=O)=O)C(C/C(=N\O)c1ccc(=O)n(C)c1)c1ccc(Cl)cc1C. The maximum absolute atomic E-state index is 11.8. The van der Waals surface area contributed by atoms with Gasteiger partial charge in [0, 0.05) is 53.4 Å². The minimum atomic E-state index is -3.28. The van der Waals surface area contributed by atoms with Gasteiger partial charge in [0.2, 0.25) is 5.56 Å². The Balaban J connectivity index is 2.56. The van der Waals surface area contributed by atoms with E-state index in [1.165, 1.54) is 16.9 Å². The van der Waals surface area contributed by atoms with E-state index in [1.807, 2.05) is 26.0 Å². The first-order valence-corrected chi connectivity index (χ1v) is 11.9. The number of pyridine rings is 1. The molecule has 0 bridgehead atoms. The normalized spacial score (nSPS) is 14.6. The molecule has 31 heavy (non-hydrogen) atoms. The van der Waals surface area contributed by atoms with E-state index in [9.17, 15) is 18.4 Å². The summed E-state index contributed by atoms with van der Waals surface area (Å²) in [5.74, 6) is -0.205. The van der Waals surface area contributed by atoms with E-state index in [1.54, 1.807) is 44.5 Å². The zero-order valence-electron chi connectivity index (χ0n) is 18.3. The minimum Gasteiger partial charge on any atom is -0.411 e. The summed E-state index contributed by atoms with van der Waals surface area (Å²) in [4.78, 5) is 12.0. The Bertz CT molecular complexity index is 1220. The standard InChI is InChI=1S/C23H27ClN2O4S/c1-15(6-7-17(3)31(5,29)30)21(20-10-9-19(24)12-16(20)2)13-22(25-28)18-8-11-23(27)26(4)14-18/h6-12,14,21,28H,13H2,1-5H3/b15-6+,17-7+,25-22+. The van der Waals surface area contributed by atoms with Gasteiger partial charge in [-0.25, -0.2) is 8.42 Å². The molecule has 1 aromatic heterocycles. The summed E-state index contributed by atoms with van der Waals surface area (Å²) in [6.45, 7) is 5.40. The highest BCUT2D eigenvalue weighted by molar-refractivity contribution is 7.94. The van der Waals surface area contributed by atoms with Gasteiger partial charge in [0.05, 0.1) is 5.71 Å². The molecule has 0 saturated carbocycles. The molecule has 6 nitrogen and oxygen atoms in total. The number of aryl methyl sites for hydroxylation is 2. The van der Waals surface area contributed by atoms with E-state index in [-0.39, 0.29) is 16.4 Å². The number of nitrogens with zero attached hydrogens (tertiary/aromatic N) is 2. The van der Waals surface area contributed by atoms with Crippen LogP contribution in [0, 0.1) is 6.92 Å². The Labute approximate surface area is 188 Å². The van der Waals surface area contributed by atoms with Crippen LogP contribution < -0.4 is 5.56 Å². The molecule has 0 amide bonds. The van der Waals surface area contributed by atoms with Crippen LogP contribution in [-0.2, 0) is 16.9 Å². The van der Waals surface area contributed by atoms with Gasteiger partial charge in [-0.15, -0.1) is 0 Å². The van der Waals surface area contributed by atoms with Gasteiger partial charge >= 0.3 is 0 Å². The van der Waals surface area contributed by atoms with Crippen LogP contribution >= 0.6 is 11.6 Å². The summed E-state index contributed by atoms with van der Waals surface area (Å²) in [6.07, 6.45) is 6.47. The number of oxime groups is 1. The Kier molecular flexibility index (Phi) is 8.03. The van der Waals surface area contributed by atoms with E-state index < -0.39 is 9.84 Å². The molecule has 0 radical (unpaired) electrons. The molecule has 1 unspecified atom stereocenters. The van der Waals surface area contributed by atoms with Crippen LogP contribution in [-0.4, -0.2) is 30.2 Å². The number of rotatable bonds is 7. The van der Waals surface area contributed by atoms with E-state index in [4.69, 9.17) is 11.6 Å². The van der Waals surface area contributed by atoms with Gasteiger partial charge in [-0.1, -0.05) is 34.5 Å². The molecule has 1 N–H and O–H groups in total. The van der Waals surface area contributed by atoms with Crippen LogP contribution in [0.15, 0.2) is 69.1 Å². The predicted octanol–water partition coefficient (Wildman–Crippen LogP) is 4.59. The lowest BCUT2D eigenvalue weighted by Gasteiger charge is -2.21. The Morgan fingerprint density at radius 3 is 2.45 bits per heavy atom. The van der Waals surface area contributed by atoms with Crippen molar-refractivity contribution in [3.63, 3.8) is 0 Å². The number of sulfone groups is 1. The van der Waals surface area contributed by atoms with Crippen LogP contribution in [0.3, 0.4) is 0 Å². The first kappa shape index (κ1) is 24.6. The van der Waals surface area contributed by atoms with Gasteiger partial charge < -0.3 is 9.77 Å². The molecule has 0 aliphatic carbocycles. The average molecular weight is 463 g/mol. The topological polar surface area (TPSA) is 88.7 Å². The molecular weight excluding hydrogens is 436 g/mol. The van der Waals surface area contributed by atoms with Crippen molar-refractivity contribution >= 4 is 27.1 Å². The Hall–Kier alpha value is -2.64. The van der Waals surface area contributed by atoms with Crippen LogP contribution in [0.5, 0.6) is 0 Å². The lowest BCUT2D eigenvalue weighted by atomic mass is 9.83. The number of hydrogen-bond donors (Lipinski definition) is 1. The van der Waals surface area contributed by atoms with Crippen molar-refractivity contribution in [1.29, 1.82) is 0 Å². The van der Waals surface area contributed by atoms with Crippen molar-refractivity contribution < 1.29 is 13.6 Å². The van der Waals surface area contributed by atoms with Gasteiger partial charge in [0.1, 0.15) is 0 Å². The van der Waals surface area contributed by atoms with Gasteiger partial charge in [-0.2, -0.15) is 0 Å². The highest BCUT2D eigenvalue weighted by atomic mass is 35.5. The van der Waals surface area contributed by atoms with E-state index in [2.05, 4.69) is 5.16 Å². The van der Waals surface area contributed by atoms with E-state index in [0.717, 1.165) is 16.7 Å². The zero-order chi connectivity index (χ0) is 23.3. The predicted molar refractivity (Wildman–Crippen MR) is 126 cm³/mol. The van der Waals surface area contributed by atoms with Crippen molar-refractivity contribution in [3.05, 3.63) is 91.2 Å². The van der Waals surface area contributed by atoms with Crippen LogP contribution in [0.2, 0.25) is 5.02 Å². The van der Waals surface area contributed by atoms with Crippen molar-refractivity contribution in [2.45, 2.75) is 33.1 Å². The average Bonchev–Trinajstić information content (AvgIpc) is 2.69. The fourth-order valence-corrected chi connectivity index (χ4v) is 3.75. The third-order valence-corrected chi connectivity index (χ3v) is 6.80. The van der Waals surface area contributed by atoms with Crippen molar-refractivity contribution in [2.24, 2.45) is 12.2 Å². The van der Waals surface area contributed by atoms with Gasteiger partial charge in [0.15, 0.2) is 9.84 Å². The highest BCUT2D eigenvalue weighted by Gasteiger charge is 2.20. The molecule has 1 atom stereocenters. The maximum atomic E-state index is 11.8. The summed E-state index contributed by atoms with van der Waals surface area (Å²) in [5, 5.41) is 13.8. The molecule has 1 aromatic carbocycles. The number of aromatic nitrogens is 1. The van der Waals surface area contributed by atoms with Crippen LogP contribution in [0.1, 0.15) is 42.9 Å². The second kappa shape index (κ2) is 10.1. The Morgan fingerprint density at radius 2 is 1.90 bits per heavy atom. The summed E-state index contributed by atoms with van der Waals surface area (Å²) >= 11 is 6.13. The largest absolute Gasteiger partial charge is 0.411 e. The number of benzene rings is 1. The maximum Gasteiger partial charge on any atom is 0.250 e. The monoisotopic (exact) mass is 462 g/mol. The molecule has 8 heteroatoms. The molecule has 166 valence electrons. The molecule has 1 heterocycles. The molecular formula is C23H27ClN2O4S. The van der Waals surface area contributed by atoms with Crippen molar-refractivity contribution in [1.82, 2.24) is 4.57 Å². The first-order chi connectivity index (χ1) is 14.4. The minimum absolute atomic E-state index is 0.163. The molecule has 0 aliphatic rings. The van der Waals surface area contributed by atoms with Gasteiger partial charge in [0.25, 0.3) is 0 Å². The quantitative estimate of drug-likeness (QED) is 0.282. The molecule has 2 rings (SSSR count). The smallest absolute Gasteiger partial charge is 0.250 e. The van der Waals surface area contributed by atoms with Crippen molar-refractivity contribution in [2.75, 3.05) is 6.26 Å². The Morgan fingerprint density at radius 1 is 1.23 bits per heavy atom.